The molecular weight excluding hydrogens is 244 g/mol. The molecule has 1 N–H and O–H groups in total. The Labute approximate surface area is 112 Å². The fourth-order valence-electron chi connectivity index (χ4n) is 1.82. The van der Waals surface area contributed by atoms with Crippen LogP contribution >= 0.6 is 0 Å². The first kappa shape index (κ1) is 13.4. The van der Waals surface area contributed by atoms with Crippen molar-refractivity contribution in [1.82, 2.24) is 9.55 Å². The van der Waals surface area contributed by atoms with Gasteiger partial charge in [-0.3, -0.25) is 0 Å². The third-order valence-electron chi connectivity index (χ3n) is 2.95. The maximum absolute atomic E-state index is 9.27. The second-order valence-electron chi connectivity index (χ2n) is 4.18. The minimum absolute atomic E-state index is 0.0538. The molecule has 5 heteroatoms. The minimum Gasteiger partial charge on any atom is -0.497 e. The summed E-state index contributed by atoms with van der Waals surface area (Å²) in [6, 6.07) is 5.38. The smallest absolute Gasteiger partial charge is 0.128 e. The number of aliphatic hydroxyl groups is 1. The predicted molar refractivity (Wildman–Crippen MR) is 71.3 cm³/mol. The number of rotatable bonds is 6. The molecule has 0 spiro atoms. The van der Waals surface area contributed by atoms with Gasteiger partial charge in [-0.15, -0.1) is 0 Å². The molecule has 19 heavy (non-hydrogen) atoms. The van der Waals surface area contributed by atoms with Gasteiger partial charge >= 0.3 is 0 Å². The second-order valence-corrected chi connectivity index (χ2v) is 4.18. The van der Waals surface area contributed by atoms with Crippen molar-refractivity contribution in [3.05, 3.63) is 42.0 Å². The van der Waals surface area contributed by atoms with Crippen LogP contribution in [-0.2, 0) is 20.1 Å². The first-order valence-electron chi connectivity index (χ1n) is 6.11. The van der Waals surface area contributed by atoms with Crippen molar-refractivity contribution in [1.29, 1.82) is 0 Å². The summed E-state index contributed by atoms with van der Waals surface area (Å²) in [4.78, 5) is 4.23. The Morgan fingerprint density at radius 1 is 1.37 bits per heavy atom. The van der Waals surface area contributed by atoms with Gasteiger partial charge in [-0.2, -0.15) is 0 Å². The van der Waals surface area contributed by atoms with E-state index < -0.39 is 0 Å². The largest absolute Gasteiger partial charge is 0.497 e. The van der Waals surface area contributed by atoms with Gasteiger partial charge in [0.25, 0.3) is 0 Å². The maximum Gasteiger partial charge on any atom is 0.128 e. The van der Waals surface area contributed by atoms with E-state index in [9.17, 15) is 5.11 Å². The number of hydrogen-bond acceptors (Lipinski definition) is 4. The summed E-state index contributed by atoms with van der Waals surface area (Å²) < 4.78 is 12.8. The zero-order valence-corrected chi connectivity index (χ0v) is 11.2. The van der Waals surface area contributed by atoms with E-state index in [1.807, 2.05) is 17.8 Å². The third-order valence-corrected chi connectivity index (χ3v) is 2.95. The van der Waals surface area contributed by atoms with Gasteiger partial charge in [0.15, 0.2) is 0 Å². The van der Waals surface area contributed by atoms with Crippen molar-refractivity contribution in [2.75, 3.05) is 13.7 Å². The highest BCUT2D eigenvalue weighted by molar-refractivity contribution is 5.40. The highest BCUT2D eigenvalue weighted by Crippen LogP contribution is 2.24. The lowest BCUT2D eigenvalue weighted by Crippen LogP contribution is -2.07. The van der Waals surface area contributed by atoms with Gasteiger partial charge in [-0.05, 0) is 12.1 Å². The number of aryl methyl sites for hydroxylation is 1. The van der Waals surface area contributed by atoms with Crippen LogP contribution in [0.4, 0.5) is 0 Å². The van der Waals surface area contributed by atoms with Gasteiger partial charge in [0.1, 0.15) is 17.3 Å². The normalized spacial score (nSPS) is 10.5. The molecule has 0 aliphatic heterocycles. The number of hydrogen-bond donors (Lipinski definition) is 1. The summed E-state index contributed by atoms with van der Waals surface area (Å²) in [6.07, 6.45) is 4.38. The molecule has 1 aromatic carbocycles. The molecule has 1 heterocycles. The van der Waals surface area contributed by atoms with Gasteiger partial charge in [0.05, 0.1) is 20.3 Å². The van der Waals surface area contributed by atoms with E-state index in [0.29, 0.717) is 24.5 Å². The molecule has 0 saturated heterocycles. The number of imidazole rings is 1. The van der Waals surface area contributed by atoms with Crippen LogP contribution in [0, 0.1) is 0 Å². The molecule has 0 amide bonds. The lowest BCUT2D eigenvalue weighted by molar-refractivity contribution is 0.262. The quantitative estimate of drug-likeness (QED) is 0.858. The number of aliphatic hydroxyl groups excluding tert-OH is 1. The van der Waals surface area contributed by atoms with Crippen LogP contribution in [0.25, 0.3) is 0 Å². The first-order chi connectivity index (χ1) is 9.24. The van der Waals surface area contributed by atoms with E-state index in [-0.39, 0.29) is 6.61 Å². The second kappa shape index (κ2) is 6.24. The predicted octanol–water partition coefficient (Wildman–Crippen LogP) is 1.54. The molecule has 1 aromatic heterocycles. The van der Waals surface area contributed by atoms with Crippen LogP contribution in [0.3, 0.4) is 0 Å². The number of nitrogens with zero attached hydrogens (tertiary/aromatic N) is 2. The SMILES string of the molecule is COc1ccc(CO)c(OCCc2nccn2C)c1. The molecule has 0 saturated carbocycles. The lowest BCUT2D eigenvalue weighted by Gasteiger charge is -2.11. The number of methoxy groups -OCH3 is 1. The standard InChI is InChI=1S/C14H18N2O3/c1-16-7-6-15-14(16)5-8-19-13-9-12(18-2)4-3-11(13)10-17/h3-4,6-7,9,17H,5,8,10H2,1-2H3. The van der Waals surface area contributed by atoms with Crippen LogP contribution in [0.1, 0.15) is 11.4 Å². The molecule has 0 atom stereocenters. The van der Waals surface area contributed by atoms with Crippen molar-refractivity contribution in [2.45, 2.75) is 13.0 Å². The number of benzene rings is 1. The van der Waals surface area contributed by atoms with E-state index in [0.717, 1.165) is 11.4 Å². The lowest BCUT2D eigenvalue weighted by atomic mass is 10.2. The summed E-state index contributed by atoms with van der Waals surface area (Å²) in [7, 11) is 3.55. The topological polar surface area (TPSA) is 56.5 Å². The molecular formula is C14H18N2O3. The fraction of sp³-hybridized carbons (Fsp3) is 0.357. The Balaban J connectivity index is 2.00. The van der Waals surface area contributed by atoms with E-state index in [2.05, 4.69) is 4.98 Å². The average Bonchev–Trinajstić information content (AvgIpc) is 2.84. The van der Waals surface area contributed by atoms with Crippen LogP contribution in [0.15, 0.2) is 30.6 Å². The molecule has 0 aliphatic carbocycles. The fourth-order valence-corrected chi connectivity index (χ4v) is 1.82. The zero-order chi connectivity index (χ0) is 13.7. The molecule has 0 unspecified atom stereocenters. The van der Waals surface area contributed by atoms with Crippen molar-refractivity contribution in [2.24, 2.45) is 7.05 Å². The van der Waals surface area contributed by atoms with Crippen LogP contribution < -0.4 is 9.47 Å². The van der Waals surface area contributed by atoms with Gasteiger partial charge in [0.2, 0.25) is 0 Å². The van der Waals surface area contributed by atoms with Gasteiger partial charge in [-0.1, -0.05) is 0 Å². The molecule has 2 aromatic rings. The third kappa shape index (κ3) is 3.26. The molecule has 5 nitrogen and oxygen atoms in total. The molecule has 0 fully saturated rings. The Bertz CT molecular complexity index is 537. The highest BCUT2D eigenvalue weighted by atomic mass is 16.5. The van der Waals surface area contributed by atoms with Crippen LogP contribution in [-0.4, -0.2) is 28.4 Å². The summed E-state index contributed by atoms with van der Waals surface area (Å²) in [5.41, 5.74) is 0.751. The highest BCUT2D eigenvalue weighted by Gasteiger charge is 2.06. The summed E-state index contributed by atoms with van der Waals surface area (Å²) >= 11 is 0. The van der Waals surface area contributed by atoms with Crippen molar-refractivity contribution < 1.29 is 14.6 Å². The minimum atomic E-state index is -0.0538. The van der Waals surface area contributed by atoms with Crippen molar-refractivity contribution in [3.63, 3.8) is 0 Å². The Kier molecular flexibility index (Phi) is 4.41. The Morgan fingerprint density at radius 2 is 2.21 bits per heavy atom. The average molecular weight is 262 g/mol. The summed E-state index contributed by atoms with van der Waals surface area (Å²) in [5, 5.41) is 9.27. The van der Waals surface area contributed by atoms with E-state index in [4.69, 9.17) is 9.47 Å². The Morgan fingerprint density at radius 3 is 2.84 bits per heavy atom. The molecule has 0 bridgehead atoms. The number of ether oxygens (including phenoxy) is 2. The van der Waals surface area contributed by atoms with E-state index >= 15 is 0 Å². The Hall–Kier alpha value is -2.01. The zero-order valence-electron chi connectivity index (χ0n) is 11.2. The maximum atomic E-state index is 9.27. The van der Waals surface area contributed by atoms with Crippen molar-refractivity contribution >= 4 is 0 Å². The molecule has 102 valence electrons. The van der Waals surface area contributed by atoms with Crippen LogP contribution in [0.5, 0.6) is 11.5 Å². The summed E-state index contributed by atoms with van der Waals surface area (Å²) in [6.45, 7) is 0.451. The van der Waals surface area contributed by atoms with Crippen molar-refractivity contribution in [3.8, 4) is 11.5 Å². The van der Waals surface area contributed by atoms with Crippen LogP contribution in [0.2, 0.25) is 0 Å². The summed E-state index contributed by atoms with van der Waals surface area (Å²) in [5.74, 6) is 2.33. The first-order valence-corrected chi connectivity index (χ1v) is 6.11. The number of aromatic nitrogens is 2. The monoisotopic (exact) mass is 262 g/mol. The van der Waals surface area contributed by atoms with Gasteiger partial charge < -0.3 is 19.1 Å². The van der Waals surface area contributed by atoms with Gasteiger partial charge in [0, 0.05) is 37.5 Å². The molecule has 2 rings (SSSR count). The van der Waals surface area contributed by atoms with Gasteiger partial charge in [-0.25, -0.2) is 4.98 Å². The van der Waals surface area contributed by atoms with E-state index in [1.54, 1.807) is 31.5 Å². The molecule has 0 aliphatic rings. The molecule has 0 radical (unpaired) electrons. The van der Waals surface area contributed by atoms with E-state index in [1.165, 1.54) is 0 Å².